The van der Waals surface area contributed by atoms with Crippen LogP contribution in [0.1, 0.15) is 438 Å². The number of hydrogen-bond donors (Lipinski definition) is 6. The highest BCUT2D eigenvalue weighted by Gasteiger charge is 2.44. The molecule has 1 fully saturated rings. The fraction of sp³-hybridized carbons (Fsp3) is 0.907. The normalized spacial score (nSPS) is 17.4. The van der Waals surface area contributed by atoms with Gasteiger partial charge in [0.25, 0.3) is 0 Å². The van der Waals surface area contributed by atoms with Gasteiger partial charge in [0.15, 0.2) is 6.29 Å². The number of carbonyl (C=O) groups is 2. The van der Waals surface area contributed by atoms with Crippen molar-refractivity contribution >= 4 is 11.9 Å². The Morgan fingerprint density at radius 3 is 1.04 bits per heavy atom. The van der Waals surface area contributed by atoms with Crippen LogP contribution in [0.15, 0.2) is 36.5 Å². The Morgan fingerprint density at radius 1 is 0.381 bits per heavy atom. The Hall–Kier alpha value is -2.12. The number of esters is 1. The predicted octanol–water partition coefficient (Wildman–Crippen LogP) is 23.6. The maximum Gasteiger partial charge on any atom is 0.305 e. The summed E-state index contributed by atoms with van der Waals surface area (Å²) in [4.78, 5) is 25.2. The minimum atomic E-state index is -1.57. The van der Waals surface area contributed by atoms with Gasteiger partial charge in [0, 0.05) is 12.8 Å². The number of nitrogens with one attached hydrogen (secondary N) is 1. The van der Waals surface area contributed by atoms with Crippen molar-refractivity contribution in [1.82, 2.24) is 5.32 Å². The highest BCUT2D eigenvalue weighted by atomic mass is 16.7. The summed E-state index contributed by atoms with van der Waals surface area (Å²) < 4.78 is 16.8. The third-order valence-electron chi connectivity index (χ3n) is 20.5. The molecule has 0 aromatic rings. The van der Waals surface area contributed by atoms with Gasteiger partial charge < -0.3 is 45.1 Å². The van der Waals surface area contributed by atoms with Crippen LogP contribution in [0.2, 0.25) is 0 Å². The highest BCUT2D eigenvalue weighted by molar-refractivity contribution is 5.76. The molecule has 1 rings (SSSR count). The molecule has 1 aliphatic rings. The van der Waals surface area contributed by atoms with Gasteiger partial charge in [-0.05, 0) is 64.2 Å². The summed E-state index contributed by atoms with van der Waals surface area (Å²) in [7, 11) is 0. The molecule has 7 atom stereocenters. The molecule has 0 bridgehead atoms. The van der Waals surface area contributed by atoms with E-state index >= 15 is 0 Å². The first-order chi connectivity index (χ1) is 47.7. The van der Waals surface area contributed by atoms with Crippen molar-refractivity contribution in [3.8, 4) is 0 Å². The third kappa shape index (κ3) is 63.3. The van der Waals surface area contributed by atoms with Crippen LogP contribution in [-0.4, -0.2) is 100 Å². The van der Waals surface area contributed by atoms with Crippen molar-refractivity contribution in [2.45, 2.75) is 480 Å². The second-order valence-corrected chi connectivity index (χ2v) is 29.9. The van der Waals surface area contributed by atoms with Gasteiger partial charge in [-0.2, -0.15) is 0 Å². The van der Waals surface area contributed by atoms with E-state index in [2.05, 4.69) is 43.5 Å². The number of rotatable bonds is 77. The lowest BCUT2D eigenvalue weighted by molar-refractivity contribution is -0.302. The van der Waals surface area contributed by atoms with Crippen LogP contribution in [0.4, 0.5) is 0 Å². The fourth-order valence-corrected chi connectivity index (χ4v) is 13.8. The summed E-state index contributed by atoms with van der Waals surface area (Å²) in [5.74, 6) is -0.156. The zero-order valence-electron chi connectivity index (χ0n) is 64.1. The van der Waals surface area contributed by atoms with E-state index in [1.54, 1.807) is 6.08 Å². The lowest BCUT2D eigenvalue weighted by atomic mass is 9.99. The Kier molecular flexibility index (Phi) is 71.9. The molecule has 1 heterocycles. The molecule has 11 heteroatoms. The SMILES string of the molecule is CCCCCCCCCCCCCCC/C=C/C(O)C(COC1OC(CO)C(O)C(O)C1O)NC(=O)CCCCCCCCCCCCCCCCCCC/C=C\C/C=C\CCCCCCCCCCCCCCCCCOC(=O)CCCCCCCCCCCCCCCCC. The number of carbonyl (C=O) groups excluding carboxylic acids is 2. The molecule has 0 spiro atoms. The number of amides is 1. The lowest BCUT2D eigenvalue weighted by Crippen LogP contribution is -2.60. The molecular formula is C86H163NO10. The predicted molar refractivity (Wildman–Crippen MR) is 412 cm³/mol. The average Bonchev–Trinajstić information content (AvgIpc) is 0.839. The molecule has 6 N–H and O–H groups in total. The molecule has 97 heavy (non-hydrogen) atoms. The second kappa shape index (κ2) is 75.1. The van der Waals surface area contributed by atoms with E-state index in [0.717, 1.165) is 57.8 Å². The second-order valence-electron chi connectivity index (χ2n) is 29.9. The molecule has 0 aromatic carbocycles. The molecular weight excluding hydrogens is 1210 g/mol. The number of ether oxygens (including phenoxy) is 3. The van der Waals surface area contributed by atoms with Gasteiger partial charge in [-0.1, -0.05) is 397 Å². The molecule has 1 saturated heterocycles. The summed E-state index contributed by atoms with van der Waals surface area (Å²) >= 11 is 0. The van der Waals surface area contributed by atoms with E-state index in [1.807, 2.05) is 6.08 Å². The zero-order valence-corrected chi connectivity index (χ0v) is 64.1. The van der Waals surface area contributed by atoms with Crippen molar-refractivity contribution in [3.63, 3.8) is 0 Å². The first-order valence-corrected chi connectivity index (χ1v) is 42.8. The minimum Gasteiger partial charge on any atom is -0.466 e. The molecule has 0 aliphatic carbocycles. The number of unbranched alkanes of at least 4 members (excludes halogenated alkanes) is 59. The molecule has 572 valence electrons. The maximum atomic E-state index is 13.1. The van der Waals surface area contributed by atoms with E-state index in [1.165, 1.54) is 353 Å². The van der Waals surface area contributed by atoms with Crippen LogP contribution in [0.25, 0.3) is 0 Å². The topological polar surface area (TPSA) is 175 Å². The lowest BCUT2D eigenvalue weighted by Gasteiger charge is -2.40. The van der Waals surface area contributed by atoms with E-state index in [4.69, 9.17) is 14.2 Å². The molecule has 1 amide bonds. The molecule has 11 nitrogen and oxygen atoms in total. The standard InChI is InChI=1S/C86H163NO10/c1-3-5-7-9-11-13-15-17-44-48-52-56-60-64-68-72-79(89)78(77-96-86-85(94)84(93)83(92)80(76-88)97-86)87-81(90)73-69-65-61-57-53-49-46-42-40-38-36-34-32-30-28-26-24-22-20-19-21-23-25-27-29-31-33-35-37-39-41-43-47-51-55-59-63-67-71-75-95-82(91)74-70-66-62-58-54-50-45-18-16-14-12-10-8-6-4-2/h19-20,23,25,68,72,78-80,83-86,88-89,92-94H,3-18,21-22,24,26-67,69-71,73-77H2,1-2H3,(H,87,90)/b20-19-,25-23-,72-68+. The van der Waals surface area contributed by atoms with Gasteiger partial charge in [0.2, 0.25) is 5.91 Å². The van der Waals surface area contributed by atoms with Crippen LogP contribution >= 0.6 is 0 Å². The van der Waals surface area contributed by atoms with Gasteiger partial charge in [0.05, 0.1) is 32.0 Å². The summed E-state index contributed by atoms with van der Waals surface area (Å²) in [6.07, 6.45) is 89.0. The number of allylic oxidation sites excluding steroid dienone is 5. The Bertz CT molecular complexity index is 1710. The summed E-state index contributed by atoms with van der Waals surface area (Å²) in [6.45, 7) is 4.42. The molecule has 1 aliphatic heterocycles. The van der Waals surface area contributed by atoms with Crippen LogP contribution in [0.5, 0.6) is 0 Å². The summed E-state index contributed by atoms with van der Waals surface area (Å²) in [5, 5.41) is 54.7. The van der Waals surface area contributed by atoms with Gasteiger partial charge in [-0.15, -0.1) is 0 Å². The van der Waals surface area contributed by atoms with Crippen molar-refractivity contribution in [3.05, 3.63) is 36.5 Å². The molecule has 0 aromatic heterocycles. The number of hydrogen-bond acceptors (Lipinski definition) is 10. The highest BCUT2D eigenvalue weighted by Crippen LogP contribution is 2.24. The zero-order chi connectivity index (χ0) is 70.1. The van der Waals surface area contributed by atoms with Gasteiger partial charge in [-0.25, -0.2) is 0 Å². The van der Waals surface area contributed by atoms with Gasteiger partial charge in [-0.3, -0.25) is 9.59 Å². The van der Waals surface area contributed by atoms with E-state index in [-0.39, 0.29) is 18.5 Å². The Labute approximate surface area is 600 Å². The smallest absolute Gasteiger partial charge is 0.305 e. The quantitative estimate of drug-likeness (QED) is 0.0195. The Balaban J connectivity index is 1.90. The first-order valence-electron chi connectivity index (χ1n) is 42.8. The van der Waals surface area contributed by atoms with E-state index in [0.29, 0.717) is 19.4 Å². The van der Waals surface area contributed by atoms with Crippen molar-refractivity contribution in [1.29, 1.82) is 0 Å². The monoisotopic (exact) mass is 1370 g/mol. The van der Waals surface area contributed by atoms with Crippen LogP contribution in [0, 0.1) is 0 Å². The largest absolute Gasteiger partial charge is 0.466 e. The van der Waals surface area contributed by atoms with Crippen molar-refractivity contribution in [2.75, 3.05) is 19.8 Å². The van der Waals surface area contributed by atoms with E-state index < -0.39 is 49.5 Å². The summed E-state index contributed by atoms with van der Waals surface area (Å²) in [5.41, 5.74) is 0. The minimum absolute atomic E-state index is 0.0184. The van der Waals surface area contributed by atoms with Gasteiger partial charge in [0.1, 0.15) is 24.4 Å². The van der Waals surface area contributed by atoms with E-state index in [9.17, 15) is 35.1 Å². The van der Waals surface area contributed by atoms with Crippen LogP contribution < -0.4 is 5.32 Å². The molecule has 0 saturated carbocycles. The van der Waals surface area contributed by atoms with Crippen LogP contribution in [0.3, 0.4) is 0 Å². The maximum absolute atomic E-state index is 13.1. The van der Waals surface area contributed by atoms with Crippen LogP contribution in [-0.2, 0) is 23.8 Å². The molecule has 7 unspecified atom stereocenters. The molecule has 0 radical (unpaired) electrons. The first kappa shape index (κ1) is 92.9. The number of aliphatic hydroxyl groups is 5. The average molecular weight is 1370 g/mol. The number of aliphatic hydroxyl groups excluding tert-OH is 5. The fourth-order valence-electron chi connectivity index (χ4n) is 13.8. The third-order valence-corrected chi connectivity index (χ3v) is 20.5. The summed E-state index contributed by atoms with van der Waals surface area (Å²) in [6, 6.07) is -0.808. The Morgan fingerprint density at radius 2 is 0.691 bits per heavy atom. The van der Waals surface area contributed by atoms with Gasteiger partial charge >= 0.3 is 5.97 Å². The van der Waals surface area contributed by atoms with Crippen molar-refractivity contribution in [2.24, 2.45) is 0 Å². The van der Waals surface area contributed by atoms with Crippen molar-refractivity contribution < 1.29 is 49.3 Å².